The van der Waals surface area contributed by atoms with E-state index in [1.165, 1.54) is 25.6 Å². The van der Waals surface area contributed by atoms with Gasteiger partial charge in [-0.25, -0.2) is 9.97 Å². The molecular formula is C23H24BrN5O2. The number of ether oxygens (including phenoxy) is 1. The van der Waals surface area contributed by atoms with E-state index in [9.17, 15) is 4.79 Å². The minimum atomic E-state index is -0.371. The first-order valence-corrected chi connectivity index (χ1v) is 11.4. The second-order valence-corrected chi connectivity index (χ2v) is 8.95. The first-order valence-electron chi connectivity index (χ1n) is 10.6. The van der Waals surface area contributed by atoms with Crippen molar-refractivity contribution in [1.29, 1.82) is 0 Å². The van der Waals surface area contributed by atoms with Crippen molar-refractivity contribution in [3.63, 3.8) is 0 Å². The molecule has 2 N–H and O–H groups in total. The molecule has 0 bridgehead atoms. The van der Waals surface area contributed by atoms with Crippen LogP contribution >= 0.6 is 15.9 Å². The Hall–Kier alpha value is -2.55. The Morgan fingerprint density at radius 3 is 2.81 bits per heavy atom. The molecule has 7 nitrogen and oxygen atoms in total. The van der Waals surface area contributed by atoms with Crippen LogP contribution in [-0.4, -0.2) is 52.6 Å². The average Bonchev–Trinajstić information content (AvgIpc) is 3.54. The van der Waals surface area contributed by atoms with Gasteiger partial charge in [0.15, 0.2) is 6.10 Å². The van der Waals surface area contributed by atoms with E-state index in [1.54, 1.807) is 0 Å². The van der Waals surface area contributed by atoms with Crippen molar-refractivity contribution in [1.82, 2.24) is 14.9 Å². The Bertz CT molecular complexity index is 1100. The summed E-state index contributed by atoms with van der Waals surface area (Å²) < 4.78 is 6.64. The van der Waals surface area contributed by atoms with Gasteiger partial charge in [-0.05, 0) is 62.3 Å². The van der Waals surface area contributed by atoms with Crippen molar-refractivity contribution >= 4 is 49.9 Å². The third-order valence-electron chi connectivity index (χ3n) is 5.72. The molecule has 2 aromatic carbocycles. The van der Waals surface area contributed by atoms with Crippen molar-refractivity contribution in [2.75, 3.05) is 30.3 Å². The topological polar surface area (TPSA) is 82.7 Å². The number of hydrogen-bond acceptors (Lipinski definition) is 6. The van der Waals surface area contributed by atoms with Gasteiger partial charge in [-0.3, -0.25) is 4.79 Å². The van der Waals surface area contributed by atoms with E-state index in [-0.39, 0.29) is 18.1 Å². The van der Waals surface area contributed by atoms with E-state index < -0.39 is 0 Å². The Balaban J connectivity index is 1.28. The molecule has 3 aromatic rings. The smallest absolute Gasteiger partial charge is 0.256 e. The van der Waals surface area contributed by atoms with Gasteiger partial charge < -0.3 is 20.3 Å². The Morgan fingerprint density at radius 1 is 1.10 bits per heavy atom. The van der Waals surface area contributed by atoms with Gasteiger partial charge in [0.2, 0.25) is 0 Å². The number of hydrogen-bond donors (Lipinski definition) is 2. The van der Waals surface area contributed by atoms with Crippen molar-refractivity contribution < 1.29 is 9.53 Å². The Kier molecular flexibility index (Phi) is 5.85. The van der Waals surface area contributed by atoms with E-state index in [1.807, 2.05) is 42.5 Å². The van der Waals surface area contributed by atoms with Gasteiger partial charge >= 0.3 is 0 Å². The number of rotatable bonds is 6. The first kappa shape index (κ1) is 20.4. The Morgan fingerprint density at radius 2 is 1.97 bits per heavy atom. The monoisotopic (exact) mass is 481 g/mol. The molecule has 0 saturated carbocycles. The number of likely N-dealkylation sites (tertiary alicyclic amines) is 1. The van der Waals surface area contributed by atoms with Gasteiger partial charge in [0.1, 0.15) is 18.2 Å². The summed E-state index contributed by atoms with van der Waals surface area (Å²) in [4.78, 5) is 23.8. The number of carbonyl (C=O) groups excluding carboxylic acids is 1. The molecule has 0 aliphatic carbocycles. The molecule has 5 rings (SSSR count). The molecule has 0 radical (unpaired) electrons. The van der Waals surface area contributed by atoms with E-state index in [0.717, 1.165) is 40.7 Å². The molecule has 2 aliphatic heterocycles. The lowest BCUT2D eigenvalue weighted by Gasteiger charge is -2.25. The average molecular weight is 482 g/mol. The molecule has 1 amide bonds. The summed E-state index contributed by atoms with van der Waals surface area (Å²) in [6, 6.07) is 13.5. The highest BCUT2D eigenvalue weighted by Crippen LogP contribution is 2.29. The molecule has 31 heavy (non-hydrogen) atoms. The second kappa shape index (κ2) is 8.90. The van der Waals surface area contributed by atoms with Gasteiger partial charge in [-0.15, -0.1) is 0 Å². The second-order valence-electron chi connectivity index (χ2n) is 8.04. The van der Waals surface area contributed by atoms with Crippen molar-refractivity contribution in [3.05, 3.63) is 53.3 Å². The number of carbonyl (C=O) groups is 1. The van der Waals surface area contributed by atoms with Crippen LogP contribution in [0.5, 0.6) is 0 Å². The number of aromatic nitrogens is 2. The lowest BCUT2D eigenvalue weighted by Crippen LogP contribution is -2.34. The van der Waals surface area contributed by atoms with Crippen LogP contribution in [0.2, 0.25) is 0 Å². The number of anilines is 3. The molecule has 3 heterocycles. The zero-order valence-electron chi connectivity index (χ0n) is 17.1. The summed E-state index contributed by atoms with van der Waals surface area (Å²) >= 11 is 3.48. The van der Waals surface area contributed by atoms with Gasteiger partial charge in [-0.1, -0.05) is 28.4 Å². The SMILES string of the molecule is O=C(Nc1ccc2ncnc(Nc3cccc(Br)c3)c2c1)C1OC1CN1CCCCC1. The number of piperidine rings is 1. The van der Waals surface area contributed by atoms with Crippen LogP contribution in [0.4, 0.5) is 17.2 Å². The lowest BCUT2D eigenvalue weighted by atomic mass is 10.1. The minimum absolute atomic E-state index is 0.00403. The molecule has 0 spiro atoms. The van der Waals surface area contributed by atoms with Gasteiger partial charge in [0, 0.05) is 27.8 Å². The normalized spacial score (nSPS) is 21.1. The highest BCUT2D eigenvalue weighted by molar-refractivity contribution is 9.10. The number of halogens is 1. The predicted molar refractivity (Wildman–Crippen MR) is 125 cm³/mol. The highest BCUT2D eigenvalue weighted by Gasteiger charge is 2.45. The maximum absolute atomic E-state index is 12.7. The van der Waals surface area contributed by atoms with Crippen LogP contribution in [0.1, 0.15) is 19.3 Å². The Labute approximate surface area is 189 Å². The van der Waals surface area contributed by atoms with Crippen LogP contribution in [0.3, 0.4) is 0 Å². The van der Waals surface area contributed by atoms with Crippen molar-refractivity contribution in [3.8, 4) is 0 Å². The van der Waals surface area contributed by atoms with Gasteiger partial charge in [0.05, 0.1) is 5.52 Å². The third-order valence-corrected chi connectivity index (χ3v) is 6.21. The highest BCUT2D eigenvalue weighted by atomic mass is 79.9. The fourth-order valence-corrected chi connectivity index (χ4v) is 4.46. The number of benzene rings is 2. The number of epoxide rings is 1. The first-order chi connectivity index (χ1) is 15.2. The van der Waals surface area contributed by atoms with Crippen LogP contribution in [0.15, 0.2) is 53.3 Å². The van der Waals surface area contributed by atoms with E-state index in [0.29, 0.717) is 11.5 Å². The van der Waals surface area contributed by atoms with Crippen molar-refractivity contribution in [2.45, 2.75) is 31.5 Å². The lowest BCUT2D eigenvalue weighted by molar-refractivity contribution is -0.117. The van der Waals surface area contributed by atoms with E-state index >= 15 is 0 Å². The van der Waals surface area contributed by atoms with Crippen LogP contribution in [0, 0.1) is 0 Å². The maximum atomic E-state index is 12.7. The van der Waals surface area contributed by atoms with Gasteiger partial charge in [0.25, 0.3) is 5.91 Å². The van der Waals surface area contributed by atoms with Crippen LogP contribution in [0.25, 0.3) is 10.9 Å². The van der Waals surface area contributed by atoms with Gasteiger partial charge in [-0.2, -0.15) is 0 Å². The summed E-state index contributed by atoms with van der Waals surface area (Å²) in [6.45, 7) is 3.05. The van der Waals surface area contributed by atoms with Crippen LogP contribution < -0.4 is 10.6 Å². The zero-order valence-corrected chi connectivity index (χ0v) is 18.6. The summed E-state index contributed by atoms with van der Waals surface area (Å²) in [5.41, 5.74) is 2.42. The quantitative estimate of drug-likeness (QED) is 0.509. The maximum Gasteiger partial charge on any atom is 0.256 e. The number of fused-ring (bicyclic) bond motifs is 1. The molecule has 2 saturated heterocycles. The zero-order chi connectivity index (χ0) is 21.2. The fraction of sp³-hybridized carbons (Fsp3) is 0.348. The summed E-state index contributed by atoms with van der Waals surface area (Å²) in [5, 5.41) is 7.16. The molecule has 2 atom stereocenters. The molecular weight excluding hydrogens is 458 g/mol. The predicted octanol–water partition coefficient (Wildman–Crippen LogP) is 4.33. The number of amides is 1. The molecule has 1 aromatic heterocycles. The molecule has 2 fully saturated rings. The number of nitrogens with one attached hydrogen (secondary N) is 2. The van der Waals surface area contributed by atoms with Crippen molar-refractivity contribution in [2.24, 2.45) is 0 Å². The molecule has 160 valence electrons. The standard InChI is InChI=1S/C23H24BrN5O2/c24-15-5-4-6-16(11-15)27-22-18-12-17(7-8-19(18)25-14-26-22)28-23(30)21-20(31-21)13-29-9-2-1-3-10-29/h4-8,11-12,14,20-21H,1-3,9-10,13H2,(H,28,30)(H,25,26,27). The molecule has 8 heteroatoms. The largest absolute Gasteiger partial charge is 0.358 e. The molecule has 2 aliphatic rings. The number of nitrogens with zero attached hydrogens (tertiary/aromatic N) is 3. The summed E-state index contributed by atoms with van der Waals surface area (Å²) in [6.07, 6.45) is 4.93. The van der Waals surface area contributed by atoms with E-state index in [2.05, 4.69) is 41.4 Å². The minimum Gasteiger partial charge on any atom is -0.358 e. The van der Waals surface area contributed by atoms with Crippen LogP contribution in [-0.2, 0) is 9.53 Å². The summed E-state index contributed by atoms with van der Waals surface area (Å²) in [5.74, 6) is 0.588. The fourth-order valence-electron chi connectivity index (χ4n) is 4.06. The summed E-state index contributed by atoms with van der Waals surface area (Å²) in [7, 11) is 0. The third kappa shape index (κ3) is 4.87. The van der Waals surface area contributed by atoms with E-state index in [4.69, 9.17) is 4.74 Å². The molecule has 2 unspecified atom stereocenters.